The van der Waals surface area contributed by atoms with Gasteiger partial charge in [-0.25, -0.2) is 17.6 Å². The summed E-state index contributed by atoms with van der Waals surface area (Å²) in [6, 6.07) is 4.75. The van der Waals surface area contributed by atoms with Crippen LogP contribution in [0.15, 0.2) is 28.7 Å². The summed E-state index contributed by atoms with van der Waals surface area (Å²) in [4.78, 5) is 14.2. The fourth-order valence-corrected chi connectivity index (χ4v) is 3.76. The lowest BCUT2D eigenvalue weighted by Crippen LogP contribution is -2.42. The number of hydrogen-bond donors (Lipinski definition) is 1. The molecule has 2 atom stereocenters. The predicted molar refractivity (Wildman–Crippen MR) is 95.6 cm³/mol. The van der Waals surface area contributed by atoms with Gasteiger partial charge < -0.3 is 14.6 Å². The minimum atomic E-state index is -2.68. The third-order valence-electron chi connectivity index (χ3n) is 5.72. The van der Waals surface area contributed by atoms with E-state index in [0.29, 0.717) is 24.9 Å². The molecular weight excluding hydrogens is 392 g/mol. The van der Waals surface area contributed by atoms with Gasteiger partial charge in [-0.2, -0.15) is 0 Å². The molecule has 10 heteroatoms. The number of nitrogens with one attached hydrogen (secondary N) is 1. The number of alkyl halides is 4. The van der Waals surface area contributed by atoms with Crippen LogP contribution in [0.1, 0.15) is 38.2 Å². The molecule has 2 aromatic rings. The maximum atomic E-state index is 13.6. The zero-order valence-electron chi connectivity index (χ0n) is 15.7. The summed E-state index contributed by atoms with van der Waals surface area (Å²) in [7, 11) is 0. The van der Waals surface area contributed by atoms with Gasteiger partial charge in [0.05, 0.1) is 5.41 Å². The van der Waals surface area contributed by atoms with E-state index in [0.717, 1.165) is 0 Å². The first-order chi connectivity index (χ1) is 13.7. The van der Waals surface area contributed by atoms with Gasteiger partial charge >= 0.3 is 6.01 Å². The second-order valence-corrected chi connectivity index (χ2v) is 7.61. The molecule has 1 aromatic heterocycles. The quantitative estimate of drug-likeness (QED) is 0.723. The van der Waals surface area contributed by atoms with Gasteiger partial charge in [-0.05, 0) is 25.0 Å². The van der Waals surface area contributed by atoms with Crippen LogP contribution in [-0.2, 0) is 4.79 Å². The maximum absolute atomic E-state index is 13.6. The van der Waals surface area contributed by atoms with Crippen molar-refractivity contribution in [1.82, 2.24) is 15.1 Å². The zero-order valence-corrected chi connectivity index (χ0v) is 15.7. The first kappa shape index (κ1) is 19.7. The molecule has 0 bridgehead atoms. The van der Waals surface area contributed by atoms with Crippen LogP contribution in [0.2, 0.25) is 0 Å². The normalized spacial score (nSPS) is 23.6. The Kier molecular flexibility index (Phi) is 4.74. The number of carbonyl (C=O) groups is 1. The SMILES string of the molecule is CC[C@H](Nc1nnc(-c2ccc(C(F)F)cc2)o1)C(=O)N1CC[C@]2(C1)CC2(F)F. The van der Waals surface area contributed by atoms with E-state index in [-0.39, 0.29) is 36.3 Å². The van der Waals surface area contributed by atoms with Crippen molar-refractivity contribution in [2.45, 2.75) is 44.6 Å². The molecule has 1 amide bonds. The Hall–Kier alpha value is -2.65. The lowest BCUT2D eigenvalue weighted by molar-refractivity contribution is -0.131. The van der Waals surface area contributed by atoms with Gasteiger partial charge in [0.2, 0.25) is 11.8 Å². The number of likely N-dealkylation sites (tertiary alicyclic amines) is 1. The molecule has 1 N–H and O–H groups in total. The standard InChI is InChI=1S/C19H20F4N4O2/c1-2-13(16(28)27-8-7-18(10-27)9-19(18,22)23)24-17-26-25-15(29-17)12-5-3-11(4-6-12)14(20)21/h3-6,13-14H,2,7-10H2,1H3,(H,24,26)/t13-,18+/m0/s1. The minimum absolute atomic E-state index is 0.00352. The lowest BCUT2D eigenvalue weighted by Gasteiger charge is -2.22. The Labute approximate surface area is 164 Å². The number of anilines is 1. The average molecular weight is 412 g/mol. The Morgan fingerprint density at radius 3 is 2.52 bits per heavy atom. The first-order valence-corrected chi connectivity index (χ1v) is 9.40. The van der Waals surface area contributed by atoms with Gasteiger partial charge in [0.25, 0.3) is 12.3 Å². The fraction of sp³-hybridized carbons (Fsp3) is 0.526. The molecule has 0 radical (unpaired) electrons. The monoisotopic (exact) mass is 412 g/mol. The van der Waals surface area contributed by atoms with Crippen molar-refractivity contribution < 1.29 is 26.8 Å². The highest BCUT2D eigenvalue weighted by Gasteiger charge is 2.73. The van der Waals surface area contributed by atoms with E-state index in [2.05, 4.69) is 15.5 Å². The third-order valence-corrected chi connectivity index (χ3v) is 5.72. The molecule has 0 unspecified atom stereocenters. The van der Waals surface area contributed by atoms with Crippen LogP contribution in [0.5, 0.6) is 0 Å². The van der Waals surface area contributed by atoms with Crippen LogP contribution in [0.3, 0.4) is 0 Å². The molecule has 1 spiro atoms. The molecule has 2 fully saturated rings. The van der Waals surface area contributed by atoms with Gasteiger partial charge in [0.1, 0.15) is 6.04 Å². The lowest BCUT2D eigenvalue weighted by atomic mass is 10.1. The topological polar surface area (TPSA) is 71.3 Å². The number of amides is 1. The summed E-state index contributed by atoms with van der Waals surface area (Å²) in [5.74, 6) is -2.85. The largest absolute Gasteiger partial charge is 0.403 e. The van der Waals surface area contributed by atoms with Crippen molar-refractivity contribution in [1.29, 1.82) is 0 Å². The molecule has 2 heterocycles. The molecular formula is C19H20F4N4O2. The fourth-order valence-electron chi connectivity index (χ4n) is 3.76. The van der Waals surface area contributed by atoms with E-state index in [1.165, 1.54) is 29.2 Å². The second-order valence-electron chi connectivity index (χ2n) is 7.61. The first-order valence-electron chi connectivity index (χ1n) is 9.40. The third kappa shape index (κ3) is 3.56. The Balaban J connectivity index is 1.41. The molecule has 1 saturated carbocycles. The molecule has 1 saturated heterocycles. The van der Waals surface area contributed by atoms with Gasteiger partial charge in [0, 0.05) is 30.6 Å². The molecule has 1 aliphatic carbocycles. The number of carbonyl (C=O) groups excluding carboxylic acids is 1. The van der Waals surface area contributed by atoms with Crippen LogP contribution in [0, 0.1) is 5.41 Å². The number of halogens is 4. The van der Waals surface area contributed by atoms with Crippen LogP contribution in [0.4, 0.5) is 23.6 Å². The second kappa shape index (κ2) is 7.00. The van der Waals surface area contributed by atoms with E-state index in [1.807, 2.05) is 0 Å². The number of rotatable bonds is 6. The van der Waals surface area contributed by atoms with E-state index >= 15 is 0 Å². The number of aromatic nitrogens is 2. The average Bonchev–Trinajstić information content (AvgIpc) is 3.10. The van der Waals surface area contributed by atoms with Crippen molar-refractivity contribution in [3.05, 3.63) is 29.8 Å². The van der Waals surface area contributed by atoms with Crippen LogP contribution in [-0.4, -0.2) is 46.1 Å². The Bertz CT molecular complexity index is 902. The summed E-state index contributed by atoms with van der Waals surface area (Å²) in [5.41, 5.74) is -0.706. The molecule has 1 aromatic carbocycles. The van der Waals surface area contributed by atoms with Gasteiger partial charge in [0.15, 0.2) is 0 Å². The molecule has 1 aliphatic heterocycles. The van der Waals surface area contributed by atoms with Crippen molar-refractivity contribution in [2.24, 2.45) is 5.41 Å². The summed E-state index contributed by atoms with van der Waals surface area (Å²) in [6.45, 7) is 2.15. The Morgan fingerprint density at radius 2 is 1.97 bits per heavy atom. The highest BCUT2D eigenvalue weighted by Crippen LogP contribution is 2.65. The number of benzene rings is 1. The van der Waals surface area contributed by atoms with Crippen molar-refractivity contribution >= 4 is 11.9 Å². The summed E-state index contributed by atoms with van der Waals surface area (Å²) < 4.78 is 57.9. The van der Waals surface area contributed by atoms with Crippen molar-refractivity contribution in [3.63, 3.8) is 0 Å². The van der Waals surface area contributed by atoms with E-state index in [4.69, 9.17) is 4.42 Å². The molecule has 4 rings (SSSR count). The molecule has 6 nitrogen and oxygen atoms in total. The number of nitrogens with zero attached hydrogens (tertiary/aromatic N) is 3. The van der Waals surface area contributed by atoms with E-state index in [1.54, 1.807) is 6.92 Å². The summed E-state index contributed by atoms with van der Waals surface area (Å²) >= 11 is 0. The highest BCUT2D eigenvalue weighted by molar-refractivity contribution is 5.84. The van der Waals surface area contributed by atoms with E-state index in [9.17, 15) is 22.4 Å². The Morgan fingerprint density at radius 1 is 1.28 bits per heavy atom. The van der Waals surface area contributed by atoms with Gasteiger partial charge in [-0.3, -0.25) is 4.79 Å². The maximum Gasteiger partial charge on any atom is 0.316 e. The van der Waals surface area contributed by atoms with Crippen molar-refractivity contribution in [2.75, 3.05) is 18.4 Å². The highest BCUT2D eigenvalue weighted by atomic mass is 19.3. The van der Waals surface area contributed by atoms with Crippen molar-refractivity contribution in [3.8, 4) is 11.5 Å². The zero-order chi connectivity index (χ0) is 20.8. The van der Waals surface area contributed by atoms with E-state index < -0.39 is 23.8 Å². The van der Waals surface area contributed by atoms with Crippen LogP contribution >= 0.6 is 0 Å². The van der Waals surface area contributed by atoms with Crippen LogP contribution < -0.4 is 5.32 Å². The van der Waals surface area contributed by atoms with Gasteiger partial charge in [-0.1, -0.05) is 24.2 Å². The molecule has 2 aliphatic rings. The van der Waals surface area contributed by atoms with Crippen LogP contribution in [0.25, 0.3) is 11.5 Å². The summed E-state index contributed by atoms with van der Waals surface area (Å²) in [5, 5.41) is 10.6. The smallest absolute Gasteiger partial charge is 0.316 e. The molecule has 29 heavy (non-hydrogen) atoms. The summed E-state index contributed by atoms with van der Waals surface area (Å²) in [6.07, 6.45) is -2.02. The molecule has 156 valence electrons. The van der Waals surface area contributed by atoms with Gasteiger partial charge in [-0.15, -0.1) is 5.10 Å². The minimum Gasteiger partial charge on any atom is -0.403 e. The predicted octanol–water partition coefficient (Wildman–Crippen LogP) is 4.12. The number of hydrogen-bond acceptors (Lipinski definition) is 5.